The fourth-order valence-corrected chi connectivity index (χ4v) is 6.16. The fraction of sp³-hybridized carbons (Fsp3) is 0.696. The van der Waals surface area contributed by atoms with Crippen LogP contribution in [-0.2, 0) is 21.0 Å². The normalized spacial score (nSPS) is 25.6. The van der Waals surface area contributed by atoms with E-state index in [0.717, 1.165) is 69.9 Å². The van der Waals surface area contributed by atoms with Crippen LogP contribution in [0.1, 0.15) is 57.7 Å². The van der Waals surface area contributed by atoms with Crippen molar-refractivity contribution in [2.45, 2.75) is 57.6 Å². The van der Waals surface area contributed by atoms with Gasteiger partial charge in [0.1, 0.15) is 5.82 Å². The Bertz CT molecular complexity index is 872. The van der Waals surface area contributed by atoms with E-state index in [4.69, 9.17) is 9.72 Å². The first kappa shape index (κ1) is 20.9. The van der Waals surface area contributed by atoms with Crippen LogP contribution in [0.3, 0.4) is 0 Å². The van der Waals surface area contributed by atoms with E-state index in [9.17, 15) is 8.42 Å². The van der Waals surface area contributed by atoms with Crippen LogP contribution in [0, 0.1) is 11.8 Å². The first-order valence-corrected chi connectivity index (χ1v) is 12.6. The minimum atomic E-state index is -3.03. The lowest BCUT2D eigenvalue weighted by molar-refractivity contribution is 0.122. The van der Waals surface area contributed by atoms with Gasteiger partial charge in [0.05, 0.1) is 29.4 Å². The number of morpholine rings is 1. The Morgan fingerprint density at radius 1 is 1.10 bits per heavy atom. The molecule has 0 amide bonds. The van der Waals surface area contributed by atoms with Crippen molar-refractivity contribution in [3.63, 3.8) is 0 Å². The average molecular weight is 419 g/mol. The lowest BCUT2D eigenvalue weighted by Crippen LogP contribution is -2.36. The summed E-state index contributed by atoms with van der Waals surface area (Å²) in [5.41, 5.74) is 3.94. The number of rotatable bonds is 4. The molecule has 3 aliphatic rings. The molecule has 5 nitrogen and oxygen atoms in total. The zero-order chi connectivity index (χ0) is 20.6. The Balaban J connectivity index is 1.37. The Morgan fingerprint density at radius 2 is 1.79 bits per heavy atom. The number of hydrogen-bond acceptors (Lipinski definition) is 5. The number of anilines is 1. The van der Waals surface area contributed by atoms with E-state index in [1.807, 2.05) is 20.8 Å². The molecule has 2 aliphatic carbocycles. The molecule has 0 radical (unpaired) electrons. The fourth-order valence-electron chi connectivity index (χ4n) is 4.70. The third kappa shape index (κ3) is 4.53. The second-order valence-electron chi connectivity index (χ2n) is 9.82. The van der Waals surface area contributed by atoms with Gasteiger partial charge in [-0.1, -0.05) is 11.6 Å². The zero-order valence-electron chi connectivity index (χ0n) is 18.0. The van der Waals surface area contributed by atoms with Crippen LogP contribution in [0.15, 0.2) is 17.7 Å². The van der Waals surface area contributed by atoms with Crippen LogP contribution in [0.2, 0.25) is 0 Å². The van der Waals surface area contributed by atoms with Crippen molar-refractivity contribution in [3.8, 4) is 0 Å². The van der Waals surface area contributed by atoms with E-state index in [0.29, 0.717) is 17.6 Å². The second kappa shape index (κ2) is 8.03. The van der Waals surface area contributed by atoms with Crippen molar-refractivity contribution in [1.29, 1.82) is 0 Å². The highest BCUT2D eigenvalue weighted by Gasteiger charge is 2.34. The van der Waals surface area contributed by atoms with Crippen LogP contribution in [0.4, 0.5) is 5.82 Å². The van der Waals surface area contributed by atoms with Gasteiger partial charge in [0.15, 0.2) is 9.84 Å². The molecule has 160 valence electrons. The van der Waals surface area contributed by atoms with Crippen molar-refractivity contribution in [2.24, 2.45) is 11.8 Å². The number of ether oxygens (including phenoxy) is 1. The summed E-state index contributed by atoms with van der Waals surface area (Å²) in [6.07, 6.45) is 7.53. The van der Waals surface area contributed by atoms with Gasteiger partial charge in [-0.15, -0.1) is 0 Å². The summed E-state index contributed by atoms with van der Waals surface area (Å²) >= 11 is 0. The quantitative estimate of drug-likeness (QED) is 0.743. The molecule has 1 saturated heterocycles. The van der Waals surface area contributed by atoms with Crippen molar-refractivity contribution in [2.75, 3.05) is 37.0 Å². The van der Waals surface area contributed by atoms with Crippen LogP contribution in [0.5, 0.6) is 0 Å². The lowest BCUT2D eigenvalue weighted by atomic mass is 9.78. The van der Waals surface area contributed by atoms with Gasteiger partial charge in [-0.2, -0.15) is 0 Å². The molecule has 1 aromatic rings. The van der Waals surface area contributed by atoms with Gasteiger partial charge >= 0.3 is 0 Å². The first-order valence-electron chi connectivity index (χ1n) is 11.0. The monoisotopic (exact) mass is 418 g/mol. The number of aromatic nitrogens is 1. The lowest BCUT2D eigenvalue weighted by Gasteiger charge is -2.31. The van der Waals surface area contributed by atoms with E-state index < -0.39 is 14.6 Å². The predicted octanol–water partition coefficient (Wildman–Crippen LogP) is 3.88. The van der Waals surface area contributed by atoms with Crippen molar-refractivity contribution in [3.05, 3.63) is 29.0 Å². The summed E-state index contributed by atoms with van der Waals surface area (Å²) in [6, 6.07) is 4.38. The second-order valence-corrected chi connectivity index (χ2v) is 12.6. The summed E-state index contributed by atoms with van der Waals surface area (Å²) in [4.78, 5) is 7.23. The van der Waals surface area contributed by atoms with Crippen molar-refractivity contribution >= 4 is 21.7 Å². The summed E-state index contributed by atoms with van der Waals surface area (Å²) in [7, 11) is -3.03. The van der Waals surface area contributed by atoms with Crippen molar-refractivity contribution < 1.29 is 13.2 Å². The van der Waals surface area contributed by atoms with Crippen LogP contribution in [-0.4, -0.2) is 50.2 Å². The molecule has 0 spiro atoms. The van der Waals surface area contributed by atoms with Gasteiger partial charge in [0, 0.05) is 13.1 Å². The average Bonchev–Trinajstić information content (AvgIpc) is 3.11. The summed E-state index contributed by atoms with van der Waals surface area (Å²) in [6.45, 7) is 8.79. The summed E-state index contributed by atoms with van der Waals surface area (Å²) in [5, 5.41) is 0. The van der Waals surface area contributed by atoms with Gasteiger partial charge in [0.2, 0.25) is 0 Å². The number of pyridine rings is 1. The Kier molecular flexibility index (Phi) is 5.77. The Hall–Kier alpha value is -1.40. The molecule has 1 aliphatic heterocycles. The largest absolute Gasteiger partial charge is 0.378 e. The molecule has 2 fully saturated rings. The molecular formula is C23H34N2O3S. The summed E-state index contributed by atoms with van der Waals surface area (Å²) in [5.74, 6) is 2.28. The maximum Gasteiger partial charge on any atom is 0.155 e. The predicted molar refractivity (Wildman–Crippen MR) is 118 cm³/mol. The molecule has 29 heavy (non-hydrogen) atoms. The smallest absolute Gasteiger partial charge is 0.155 e. The van der Waals surface area contributed by atoms with E-state index in [-0.39, 0.29) is 0 Å². The highest BCUT2D eigenvalue weighted by atomic mass is 32.2. The maximum atomic E-state index is 12.5. The molecule has 0 atom stereocenters. The number of hydrogen-bond donors (Lipinski definition) is 0. The van der Waals surface area contributed by atoms with Crippen molar-refractivity contribution in [1.82, 2.24) is 4.98 Å². The van der Waals surface area contributed by atoms with E-state index in [1.54, 1.807) is 0 Å². The highest BCUT2D eigenvalue weighted by Crippen LogP contribution is 2.39. The summed E-state index contributed by atoms with van der Waals surface area (Å²) < 4.78 is 29.9. The van der Waals surface area contributed by atoms with Crippen LogP contribution >= 0.6 is 0 Å². The molecular weight excluding hydrogens is 384 g/mol. The molecule has 2 heterocycles. The van der Waals surface area contributed by atoms with E-state index in [1.165, 1.54) is 11.1 Å². The molecule has 6 heteroatoms. The molecule has 1 saturated carbocycles. The zero-order valence-corrected chi connectivity index (χ0v) is 18.8. The number of nitrogens with zero attached hydrogens (tertiary/aromatic N) is 2. The van der Waals surface area contributed by atoms with Gasteiger partial charge in [-0.3, -0.25) is 0 Å². The number of sulfone groups is 1. The van der Waals surface area contributed by atoms with Crippen LogP contribution in [0.25, 0.3) is 6.08 Å². The minimum absolute atomic E-state index is 0.311. The standard InChI is InChI=1S/C23H34N2O3S/c1-23(2,3)29(26,27)16-17-4-6-18(7-5-17)20-14-19-8-9-22(24-21(19)15-20)25-10-12-28-13-11-25/h8-9,15,17-18H,4-7,10-14,16H2,1-3H3. The third-order valence-corrected chi connectivity index (χ3v) is 9.58. The Labute approximate surface area is 175 Å². The third-order valence-electron chi connectivity index (χ3n) is 6.81. The molecule has 0 N–H and O–H groups in total. The molecule has 0 aromatic carbocycles. The number of fused-ring (bicyclic) bond motifs is 1. The highest BCUT2D eigenvalue weighted by molar-refractivity contribution is 7.92. The molecule has 4 rings (SSSR count). The maximum absolute atomic E-state index is 12.5. The van der Waals surface area contributed by atoms with Gasteiger partial charge < -0.3 is 9.64 Å². The molecule has 0 unspecified atom stereocenters. The van der Waals surface area contributed by atoms with Crippen LogP contribution < -0.4 is 4.90 Å². The first-order chi connectivity index (χ1) is 13.7. The SMILES string of the molecule is CC(C)(C)S(=O)(=O)CC1CCC(C2=Cc3nc(N4CCOCC4)ccc3C2)CC1. The topological polar surface area (TPSA) is 59.5 Å². The molecule has 1 aromatic heterocycles. The number of allylic oxidation sites excluding steroid dienone is 1. The molecule has 0 bridgehead atoms. The Morgan fingerprint density at radius 3 is 2.45 bits per heavy atom. The van der Waals surface area contributed by atoms with Gasteiger partial charge in [-0.25, -0.2) is 13.4 Å². The van der Waals surface area contributed by atoms with Gasteiger partial charge in [0.25, 0.3) is 0 Å². The minimum Gasteiger partial charge on any atom is -0.378 e. The van der Waals surface area contributed by atoms with Gasteiger partial charge in [-0.05, 0) is 82.4 Å². The van der Waals surface area contributed by atoms with E-state index >= 15 is 0 Å². The van der Waals surface area contributed by atoms with E-state index in [2.05, 4.69) is 23.1 Å².